The van der Waals surface area contributed by atoms with Crippen LogP contribution in [0.1, 0.15) is 148 Å². The van der Waals surface area contributed by atoms with Gasteiger partial charge in [-0.25, -0.2) is 4.79 Å². The zero-order valence-electron chi connectivity index (χ0n) is 26.5. The predicted octanol–water partition coefficient (Wildman–Crippen LogP) is 9.01. The molecule has 2 rings (SSSR count). The van der Waals surface area contributed by atoms with E-state index in [0.29, 0.717) is 11.1 Å². The van der Waals surface area contributed by atoms with Crippen molar-refractivity contribution in [1.82, 2.24) is 0 Å². The molecule has 220 valence electrons. The van der Waals surface area contributed by atoms with Gasteiger partial charge >= 0.3 is 5.52 Å². The largest absolute Gasteiger partial charge is 0.623 e. The van der Waals surface area contributed by atoms with E-state index in [4.69, 9.17) is 0 Å². The molecule has 4 heteroatoms. The second-order valence-electron chi connectivity index (χ2n) is 11.5. The molecule has 40 heavy (non-hydrogen) atoms. The highest BCUT2D eigenvalue weighted by molar-refractivity contribution is 7.71. The van der Waals surface area contributed by atoms with E-state index in [2.05, 4.69) is 65.8 Å². The van der Waals surface area contributed by atoms with Gasteiger partial charge in [0.25, 0.3) is 0 Å². The fraction of sp³-hybridized carbons (Fsp3) is 0.583. The molecule has 0 fully saturated rings. The number of hydrogen-bond acceptors (Lipinski definition) is 3. The summed E-state index contributed by atoms with van der Waals surface area (Å²) < 4.78 is 0. The summed E-state index contributed by atoms with van der Waals surface area (Å²) in [5, 5.41) is 0.278. The Morgan fingerprint density at radius 2 is 0.925 bits per heavy atom. The first-order valence-electron chi connectivity index (χ1n) is 15.9. The standard InChI is InChI=1S/C36H53O3P/c1-9-15-26-21-28(17-11-3)32(29(22-26)18-12-4)34(37)35(25(7)8)40(39)36(38)33-30(19-13-5)23-27(16-10-2)24-31(33)20-14-6/h21-25H,9-20H2,1-8H3. The first kappa shape index (κ1) is 34.1. The zero-order chi connectivity index (χ0) is 29.8. The third-order valence-electron chi connectivity index (χ3n) is 7.50. The molecule has 0 saturated heterocycles. The minimum atomic E-state index is -2.53. The van der Waals surface area contributed by atoms with Crippen molar-refractivity contribution in [1.29, 1.82) is 0 Å². The summed E-state index contributed by atoms with van der Waals surface area (Å²) in [6.45, 7) is 16.6. The highest BCUT2D eigenvalue weighted by Crippen LogP contribution is 2.34. The Hall–Kier alpha value is -2.09. The number of ketones is 1. The molecule has 0 aliphatic carbocycles. The van der Waals surface area contributed by atoms with Crippen molar-refractivity contribution < 1.29 is 14.5 Å². The molecule has 2 aromatic carbocycles. The average molecular weight is 565 g/mol. The van der Waals surface area contributed by atoms with Crippen molar-refractivity contribution in [3.05, 3.63) is 68.8 Å². The molecule has 2 aromatic rings. The van der Waals surface area contributed by atoms with Gasteiger partial charge in [0.05, 0.1) is 5.56 Å². The highest BCUT2D eigenvalue weighted by Gasteiger charge is 2.34. The van der Waals surface area contributed by atoms with Gasteiger partial charge in [-0.3, -0.25) is 4.79 Å². The van der Waals surface area contributed by atoms with Crippen molar-refractivity contribution in [2.75, 3.05) is 0 Å². The first-order valence-corrected chi connectivity index (χ1v) is 17.2. The molecule has 0 aliphatic heterocycles. The van der Waals surface area contributed by atoms with Crippen LogP contribution in [0.5, 0.6) is 0 Å². The number of aryl methyl sites for hydroxylation is 6. The molecule has 1 unspecified atom stereocenters. The van der Waals surface area contributed by atoms with Crippen LogP contribution in [0.4, 0.5) is 0 Å². The molecule has 0 N–H and O–H groups in total. The molecule has 0 bridgehead atoms. The monoisotopic (exact) mass is 564 g/mol. The number of rotatable bonds is 17. The summed E-state index contributed by atoms with van der Waals surface area (Å²) in [4.78, 5) is 42.9. The van der Waals surface area contributed by atoms with Gasteiger partial charge < -0.3 is 4.89 Å². The van der Waals surface area contributed by atoms with E-state index in [-0.39, 0.29) is 22.5 Å². The van der Waals surface area contributed by atoms with E-state index in [1.54, 1.807) is 0 Å². The molecular weight excluding hydrogens is 511 g/mol. The summed E-state index contributed by atoms with van der Waals surface area (Å²) >= 11 is 0. The molecule has 0 saturated carbocycles. The van der Waals surface area contributed by atoms with E-state index in [1.807, 2.05) is 13.8 Å². The zero-order valence-corrected chi connectivity index (χ0v) is 27.4. The third-order valence-corrected chi connectivity index (χ3v) is 9.25. The van der Waals surface area contributed by atoms with Gasteiger partial charge in [0, 0.05) is 11.5 Å². The quantitative estimate of drug-likeness (QED) is 0.142. The van der Waals surface area contributed by atoms with E-state index in [0.717, 1.165) is 99.3 Å². The maximum atomic E-state index is 14.4. The van der Waals surface area contributed by atoms with Gasteiger partial charge in [-0.2, -0.15) is 0 Å². The molecule has 3 nitrogen and oxygen atoms in total. The summed E-state index contributed by atoms with van der Waals surface area (Å²) in [6, 6.07) is 8.64. The van der Waals surface area contributed by atoms with Crippen LogP contribution in [0, 0.1) is 5.92 Å². The molecule has 0 aliphatic rings. The van der Waals surface area contributed by atoms with Crippen LogP contribution in [0.3, 0.4) is 0 Å². The van der Waals surface area contributed by atoms with Gasteiger partial charge in [0.1, 0.15) is 7.77 Å². The molecule has 0 heterocycles. The summed E-state index contributed by atoms with van der Waals surface area (Å²) in [5.74, 6) is -0.473. The maximum Gasteiger partial charge on any atom is 0.350 e. The molecule has 0 spiro atoms. The van der Waals surface area contributed by atoms with Crippen LogP contribution in [-0.2, 0) is 38.5 Å². The van der Waals surface area contributed by atoms with Crippen LogP contribution in [0.15, 0.2) is 24.3 Å². The van der Waals surface area contributed by atoms with Gasteiger partial charge in [0.2, 0.25) is 5.78 Å². The van der Waals surface area contributed by atoms with Crippen molar-refractivity contribution >= 4 is 24.4 Å². The van der Waals surface area contributed by atoms with Crippen LogP contribution in [-0.4, -0.2) is 16.6 Å². The SMILES string of the molecule is CCCc1cc(CCC)c(C(=O)/C(C(C)C)=[P+](\[O-])C(=O)c2c(CCC)cc(CCC)cc2CCC)c(CCC)c1. The Morgan fingerprint density at radius 3 is 1.23 bits per heavy atom. The number of benzene rings is 2. The lowest BCUT2D eigenvalue weighted by Gasteiger charge is -2.19. The van der Waals surface area contributed by atoms with Crippen molar-refractivity contribution in [2.24, 2.45) is 5.92 Å². The minimum Gasteiger partial charge on any atom is -0.623 e. The van der Waals surface area contributed by atoms with Gasteiger partial charge in [0.15, 0.2) is 5.29 Å². The molecule has 0 aromatic heterocycles. The normalized spacial score (nSPS) is 12.2. The Kier molecular flexibility index (Phi) is 14.5. The minimum absolute atomic E-state index is 0.184. The fourth-order valence-corrected chi connectivity index (χ4v) is 7.38. The van der Waals surface area contributed by atoms with Gasteiger partial charge in [-0.1, -0.05) is 118 Å². The first-order chi connectivity index (χ1) is 19.2. The lowest BCUT2D eigenvalue weighted by Crippen LogP contribution is -2.27. The second kappa shape index (κ2) is 17.0. The summed E-state index contributed by atoms with van der Waals surface area (Å²) in [7, 11) is -2.53. The van der Waals surface area contributed by atoms with Crippen LogP contribution in [0.25, 0.3) is 0 Å². The Labute approximate surface area is 245 Å². The number of carbonyl (C=O) groups is 2. The van der Waals surface area contributed by atoms with Crippen molar-refractivity contribution in [2.45, 2.75) is 132 Å². The van der Waals surface area contributed by atoms with Gasteiger partial charge in [-0.05, 0) is 71.9 Å². The maximum absolute atomic E-state index is 14.4. The molecule has 0 amide bonds. The van der Waals surface area contributed by atoms with Crippen molar-refractivity contribution in [3.8, 4) is 0 Å². The second-order valence-corrected chi connectivity index (χ2v) is 13.0. The molecule has 1 atom stereocenters. The van der Waals surface area contributed by atoms with Gasteiger partial charge in [-0.15, -0.1) is 0 Å². The Morgan fingerprint density at radius 1 is 0.600 bits per heavy atom. The molecule has 0 radical (unpaired) electrons. The topological polar surface area (TPSA) is 57.2 Å². The Bertz CT molecular complexity index is 1130. The van der Waals surface area contributed by atoms with Crippen LogP contribution < -0.4 is 4.89 Å². The number of carbonyl (C=O) groups excluding carboxylic acids is 2. The fourth-order valence-electron chi connectivity index (χ4n) is 5.91. The Balaban J connectivity index is 2.82. The van der Waals surface area contributed by atoms with Crippen LogP contribution in [0.2, 0.25) is 0 Å². The van der Waals surface area contributed by atoms with Crippen molar-refractivity contribution in [3.63, 3.8) is 0 Å². The number of hydrogen-bond donors (Lipinski definition) is 0. The number of Topliss-reactive ketones (excluding diaryl/α,β-unsaturated/α-hetero) is 1. The van der Waals surface area contributed by atoms with E-state index in [9.17, 15) is 14.5 Å². The lowest BCUT2D eigenvalue weighted by molar-refractivity contribution is -0.150. The van der Waals surface area contributed by atoms with E-state index >= 15 is 0 Å². The average Bonchev–Trinajstić information content (AvgIpc) is 2.89. The predicted molar refractivity (Wildman–Crippen MR) is 172 cm³/mol. The smallest absolute Gasteiger partial charge is 0.350 e. The van der Waals surface area contributed by atoms with Crippen LogP contribution >= 0.6 is 7.77 Å². The van der Waals surface area contributed by atoms with E-state index < -0.39 is 7.77 Å². The highest BCUT2D eigenvalue weighted by atomic mass is 31.1. The summed E-state index contributed by atoms with van der Waals surface area (Å²) in [6.07, 6.45) is 10.8. The van der Waals surface area contributed by atoms with E-state index in [1.165, 1.54) is 11.1 Å². The third kappa shape index (κ3) is 8.46. The summed E-state index contributed by atoms with van der Waals surface area (Å²) in [5.41, 5.74) is 7.51. The lowest BCUT2D eigenvalue weighted by atomic mass is 9.87. The molecular formula is C36H53O3P.